The molecule has 6 aliphatic rings. The number of hydrogen-bond donors (Lipinski definition) is 1. The third-order valence-electron chi connectivity index (χ3n) is 10.1. The van der Waals surface area contributed by atoms with E-state index in [4.69, 9.17) is 5.73 Å². The predicted molar refractivity (Wildman–Crippen MR) is 117 cm³/mol. The van der Waals surface area contributed by atoms with E-state index in [1.54, 1.807) is 0 Å². The summed E-state index contributed by atoms with van der Waals surface area (Å²) in [6.07, 6.45) is 12.6. The molecule has 0 radical (unpaired) electrons. The van der Waals surface area contributed by atoms with E-state index in [1.807, 2.05) is 0 Å². The molecule has 3 heteroatoms. The van der Waals surface area contributed by atoms with Crippen molar-refractivity contribution in [3.8, 4) is 0 Å². The molecule has 4 atom stereocenters. The average Bonchev–Trinajstić information content (AvgIpc) is 2.65. The van der Waals surface area contributed by atoms with E-state index in [-0.39, 0.29) is 22.9 Å². The fraction of sp³-hybridized carbons (Fsp3) is 0.741. The first kappa shape index (κ1) is 19.5. The van der Waals surface area contributed by atoms with Crippen LogP contribution in [0.5, 0.6) is 0 Å². The molecule has 6 fully saturated rings. The van der Waals surface area contributed by atoms with E-state index in [0.717, 1.165) is 38.5 Å². The minimum Gasteiger partial charge on any atom is -0.328 e. The molecule has 6 aliphatic carbocycles. The van der Waals surface area contributed by atoms with Crippen LogP contribution in [0.2, 0.25) is 0 Å². The maximum absolute atomic E-state index is 13.9. The highest BCUT2D eigenvalue weighted by Gasteiger charge is 2.65. The van der Waals surface area contributed by atoms with Crippen molar-refractivity contribution in [3.05, 3.63) is 35.9 Å². The van der Waals surface area contributed by atoms with Crippen molar-refractivity contribution >= 4 is 5.78 Å². The average molecular weight is 410 g/mol. The van der Waals surface area contributed by atoms with Gasteiger partial charge < -0.3 is 5.73 Å². The molecule has 0 heterocycles. The van der Waals surface area contributed by atoms with Gasteiger partial charge in [0.25, 0.3) is 0 Å². The smallest absolute Gasteiger partial charge is 0.139 e. The number of Topliss-reactive ketones (excluding diaryl/α,β-unsaturated/α-hetero) is 1. The fourth-order valence-corrected chi connectivity index (χ4v) is 9.72. The summed E-state index contributed by atoms with van der Waals surface area (Å²) < 4.78 is 13.7. The molecule has 4 bridgehead atoms. The molecule has 7 rings (SSSR count). The summed E-state index contributed by atoms with van der Waals surface area (Å²) in [6, 6.07) is 11.3. The number of halogens is 1. The zero-order valence-electron chi connectivity index (χ0n) is 18.2. The minimum absolute atomic E-state index is 0.0429. The molecule has 0 saturated heterocycles. The number of carbonyl (C=O) groups excluding carboxylic acids is 1. The second-order valence-corrected chi connectivity index (χ2v) is 12.4. The van der Waals surface area contributed by atoms with E-state index >= 15 is 0 Å². The molecule has 6 saturated carbocycles. The van der Waals surface area contributed by atoms with Crippen molar-refractivity contribution in [3.63, 3.8) is 0 Å². The van der Waals surface area contributed by atoms with E-state index in [2.05, 4.69) is 30.3 Å². The van der Waals surface area contributed by atoms with Crippen LogP contribution < -0.4 is 5.73 Å². The lowest BCUT2D eigenvalue weighted by atomic mass is 9.37. The Morgan fingerprint density at radius 2 is 1.73 bits per heavy atom. The number of carbonyl (C=O) groups is 1. The van der Waals surface area contributed by atoms with Crippen LogP contribution in [0, 0.1) is 28.1 Å². The molecule has 30 heavy (non-hydrogen) atoms. The molecule has 1 aromatic rings. The zero-order valence-corrected chi connectivity index (χ0v) is 18.2. The summed E-state index contributed by atoms with van der Waals surface area (Å²) >= 11 is 0. The normalized spacial score (nSPS) is 48.4. The molecule has 2 nitrogen and oxygen atoms in total. The Hall–Kier alpha value is -1.22. The quantitative estimate of drug-likeness (QED) is 0.652. The van der Waals surface area contributed by atoms with Crippen LogP contribution in [0.3, 0.4) is 0 Å². The monoisotopic (exact) mass is 409 g/mol. The van der Waals surface area contributed by atoms with Gasteiger partial charge in [0, 0.05) is 17.9 Å². The van der Waals surface area contributed by atoms with Gasteiger partial charge in [0.05, 0.1) is 6.67 Å². The van der Waals surface area contributed by atoms with Gasteiger partial charge in [-0.2, -0.15) is 0 Å². The number of nitrogens with two attached hydrogens (primary N) is 1. The molecular weight excluding hydrogens is 373 g/mol. The van der Waals surface area contributed by atoms with Gasteiger partial charge in [-0.15, -0.1) is 0 Å². The van der Waals surface area contributed by atoms with Gasteiger partial charge in [-0.05, 0) is 104 Å². The Bertz CT molecular complexity index is 840. The van der Waals surface area contributed by atoms with Crippen LogP contribution in [0.25, 0.3) is 0 Å². The van der Waals surface area contributed by atoms with Crippen LogP contribution in [-0.4, -0.2) is 18.5 Å². The maximum Gasteiger partial charge on any atom is 0.139 e. The third-order valence-corrected chi connectivity index (χ3v) is 10.1. The first-order valence-electron chi connectivity index (χ1n) is 12.3. The summed E-state index contributed by atoms with van der Waals surface area (Å²) in [5.41, 5.74) is 7.87. The summed E-state index contributed by atoms with van der Waals surface area (Å²) in [6.45, 7) is -0.243. The van der Waals surface area contributed by atoms with Gasteiger partial charge in [-0.3, -0.25) is 9.18 Å². The van der Waals surface area contributed by atoms with E-state index in [1.165, 1.54) is 37.7 Å². The summed E-state index contributed by atoms with van der Waals surface area (Å²) in [7, 11) is 0. The topological polar surface area (TPSA) is 43.1 Å². The second-order valence-electron chi connectivity index (χ2n) is 12.4. The van der Waals surface area contributed by atoms with Crippen LogP contribution in [0.1, 0.15) is 82.6 Å². The Balaban J connectivity index is 1.27. The van der Waals surface area contributed by atoms with Crippen molar-refractivity contribution < 1.29 is 9.18 Å². The standard InChI is InChI=1S/C27H36FNO/c28-7-6-24-11-20-12-26(16-24,21-4-2-1-3-5-21)18-27(13-20,17-24)23(30)8-19-9-25(10-19)14-22(29)15-25/h1-5,19-20,22H,6-18,29H2/t19?,20?,22?,24-,25?,26-,27?/m1/s1. The molecule has 0 aromatic heterocycles. The second kappa shape index (κ2) is 6.40. The zero-order chi connectivity index (χ0) is 20.6. The van der Waals surface area contributed by atoms with Crippen molar-refractivity contribution in [2.45, 2.75) is 88.5 Å². The summed E-state index contributed by atoms with van der Waals surface area (Å²) in [5, 5.41) is 0. The van der Waals surface area contributed by atoms with Crippen molar-refractivity contribution in [2.24, 2.45) is 33.8 Å². The van der Waals surface area contributed by atoms with E-state index in [9.17, 15) is 9.18 Å². The highest BCUT2D eigenvalue weighted by atomic mass is 19.1. The third kappa shape index (κ3) is 2.80. The van der Waals surface area contributed by atoms with Crippen molar-refractivity contribution in [1.82, 2.24) is 0 Å². The van der Waals surface area contributed by atoms with Crippen LogP contribution in [0.4, 0.5) is 4.39 Å². The molecule has 0 aliphatic heterocycles. The largest absolute Gasteiger partial charge is 0.328 e. The molecule has 2 N–H and O–H groups in total. The number of rotatable bonds is 6. The summed E-state index contributed by atoms with van der Waals surface area (Å²) in [5.74, 6) is 1.69. The Morgan fingerprint density at radius 3 is 2.43 bits per heavy atom. The molecule has 1 spiro atoms. The van der Waals surface area contributed by atoms with Crippen LogP contribution in [0.15, 0.2) is 30.3 Å². The molecule has 0 amide bonds. The van der Waals surface area contributed by atoms with Gasteiger partial charge in [0.1, 0.15) is 5.78 Å². The lowest BCUT2D eigenvalue weighted by molar-refractivity contribution is -0.165. The Morgan fingerprint density at radius 1 is 0.967 bits per heavy atom. The summed E-state index contributed by atoms with van der Waals surface area (Å²) in [4.78, 5) is 13.9. The lowest BCUT2D eigenvalue weighted by Crippen LogP contribution is -2.61. The Labute approximate surface area is 180 Å². The fourth-order valence-electron chi connectivity index (χ4n) is 9.72. The minimum atomic E-state index is -0.243. The van der Waals surface area contributed by atoms with E-state index in [0.29, 0.717) is 35.5 Å². The number of hydrogen-bond acceptors (Lipinski definition) is 2. The Kier molecular flexibility index (Phi) is 4.15. The van der Waals surface area contributed by atoms with Crippen LogP contribution in [-0.2, 0) is 10.2 Å². The lowest BCUT2D eigenvalue weighted by Gasteiger charge is -2.67. The first-order chi connectivity index (χ1) is 14.4. The van der Waals surface area contributed by atoms with Gasteiger partial charge in [0.15, 0.2) is 0 Å². The van der Waals surface area contributed by atoms with Gasteiger partial charge in [-0.1, -0.05) is 30.3 Å². The predicted octanol–water partition coefficient (Wildman–Crippen LogP) is 5.73. The van der Waals surface area contributed by atoms with Gasteiger partial charge in [0.2, 0.25) is 0 Å². The van der Waals surface area contributed by atoms with Gasteiger partial charge in [-0.25, -0.2) is 0 Å². The molecule has 162 valence electrons. The highest BCUT2D eigenvalue weighted by Crippen LogP contribution is 2.72. The molecule has 1 aromatic carbocycles. The molecule has 2 unspecified atom stereocenters. The van der Waals surface area contributed by atoms with Gasteiger partial charge >= 0.3 is 0 Å². The molecular formula is C27H36FNO. The van der Waals surface area contributed by atoms with Crippen LogP contribution >= 0.6 is 0 Å². The van der Waals surface area contributed by atoms with Crippen molar-refractivity contribution in [2.75, 3.05) is 6.67 Å². The first-order valence-corrected chi connectivity index (χ1v) is 12.3. The highest BCUT2D eigenvalue weighted by molar-refractivity contribution is 5.86. The number of ketones is 1. The maximum atomic E-state index is 13.9. The van der Waals surface area contributed by atoms with Crippen molar-refractivity contribution in [1.29, 1.82) is 0 Å². The number of alkyl halides is 1. The number of benzene rings is 1. The van der Waals surface area contributed by atoms with E-state index < -0.39 is 0 Å². The SMILES string of the molecule is NC1CC2(C1)CC(CC(=O)C13CC4C[C@@](CCF)(C1)C[C@](c1ccccc1)(C4)C3)C2.